The highest BCUT2D eigenvalue weighted by atomic mass is 127. The molecule has 1 heterocycles. The van der Waals surface area contributed by atoms with E-state index in [1.54, 1.807) is 11.3 Å². The molecule has 0 amide bonds. The lowest BCUT2D eigenvalue weighted by Crippen LogP contribution is -2.16. The Morgan fingerprint density at radius 3 is 2.69 bits per heavy atom. The maximum Gasteiger partial charge on any atom is 0.0583 e. The molecule has 1 N–H and O–H groups in total. The normalized spacial score (nSPS) is 12.7. The minimum Gasteiger partial charge on any atom is -0.309 e. The van der Waals surface area contributed by atoms with Crippen LogP contribution in [0.2, 0.25) is 5.02 Å². The first-order valence-corrected chi connectivity index (χ1v) is 7.26. The van der Waals surface area contributed by atoms with Crippen molar-refractivity contribution in [1.29, 1.82) is 0 Å². The molecule has 0 saturated carbocycles. The van der Waals surface area contributed by atoms with E-state index in [1.165, 1.54) is 11.1 Å². The quantitative estimate of drug-likeness (QED) is 0.801. The van der Waals surface area contributed by atoms with Gasteiger partial charge in [-0.15, -0.1) is 0 Å². The molecular weight excluding hydrogens is 353 g/mol. The van der Waals surface area contributed by atoms with E-state index in [-0.39, 0.29) is 6.04 Å². The third kappa shape index (κ3) is 2.59. The molecule has 0 fully saturated rings. The van der Waals surface area contributed by atoms with Crippen LogP contribution in [0, 0.1) is 3.57 Å². The molecule has 1 aromatic heterocycles. The second-order valence-corrected chi connectivity index (χ2v) is 5.80. The lowest BCUT2D eigenvalue weighted by atomic mass is 10.0. The maximum atomic E-state index is 6.14. The van der Waals surface area contributed by atoms with E-state index in [0.717, 1.165) is 8.59 Å². The van der Waals surface area contributed by atoms with Crippen molar-refractivity contribution in [2.75, 3.05) is 7.05 Å². The minimum absolute atomic E-state index is 0.223. The zero-order chi connectivity index (χ0) is 11.5. The standard InChI is InChI=1S/C12H11ClINS/c1-15-12(9-4-5-16-7-9)8-2-3-11(14)10(13)6-8/h2-7,12,15H,1H3. The highest BCUT2D eigenvalue weighted by Crippen LogP contribution is 2.28. The fraction of sp³-hybridized carbons (Fsp3) is 0.167. The highest BCUT2D eigenvalue weighted by Gasteiger charge is 2.13. The Hall–Kier alpha value is -0.100. The summed E-state index contributed by atoms with van der Waals surface area (Å²) in [5.41, 5.74) is 2.48. The number of hydrogen-bond donors (Lipinski definition) is 1. The molecule has 0 aliphatic heterocycles. The average molecular weight is 364 g/mol. The van der Waals surface area contributed by atoms with Gasteiger partial charge in [0.1, 0.15) is 0 Å². The molecule has 1 aromatic carbocycles. The van der Waals surface area contributed by atoms with Crippen LogP contribution in [-0.4, -0.2) is 7.05 Å². The van der Waals surface area contributed by atoms with Gasteiger partial charge in [-0.1, -0.05) is 17.7 Å². The molecule has 0 radical (unpaired) electrons. The topological polar surface area (TPSA) is 12.0 Å². The molecule has 0 bridgehead atoms. The van der Waals surface area contributed by atoms with Gasteiger partial charge in [-0.05, 0) is 69.7 Å². The Labute approximate surface area is 118 Å². The molecule has 16 heavy (non-hydrogen) atoms. The Morgan fingerprint density at radius 1 is 1.31 bits per heavy atom. The van der Waals surface area contributed by atoms with Gasteiger partial charge in [0.2, 0.25) is 0 Å². The second kappa shape index (κ2) is 5.49. The minimum atomic E-state index is 0.223. The average Bonchev–Trinajstić information content (AvgIpc) is 2.78. The Bertz CT molecular complexity index is 470. The predicted molar refractivity (Wildman–Crippen MR) is 79.4 cm³/mol. The molecular formula is C12H11ClINS. The molecule has 0 saturated heterocycles. The highest BCUT2D eigenvalue weighted by molar-refractivity contribution is 14.1. The third-order valence-electron chi connectivity index (χ3n) is 2.44. The van der Waals surface area contributed by atoms with Gasteiger partial charge < -0.3 is 5.32 Å². The summed E-state index contributed by atoms with van der Waals surface area (Å²) in [5, 5.41) is 8.38. The van der Waals surface area contributed by atoms with Gasteiger partial charge in [0.15, 0.2) is 0 Å². The van der Waals surface area contributed by atoms with Crippen molar-refractivity contribution in [2.24, 2.45) is 0 Å². The summed E-state index contributed by atoms with van der Waals surface area (Å²) in [5.74, 6) is 0. The van der Waals surface area contributed by atoms with Crippen LogP contribution in [0.4, 0.5) is 0 Å². The largest absolute Gasteiger partial charge is 0.309 e. The van der Waals surface area contributed by atoms with Crippen LogP contribution in [0.1, 0.15) is 17.2 Å². The van der Waals surface area contributed by atoms with E-state index < -0.39 is 0 Å². The lowest BCUT2D eigenvalue weighted by molar-refractivity contribution is 0.694. The zero-order valence-electron chi connectivity index (χ0n) is 8.71. The maximum absolute atomic E-state index is 6.14. The number of halogens is 2. The summed E-state index contributed by atoms with van der Waals surface area (Å²) >= 11 is 10.1. The molecule has 0 aliphatic carbocycles. The fourth-order valence-electron chi connectivity index (χ4n) is 1.66. The monoisotopic (exact) mass is 363 g/mol. The summed E-state index contributed by atoms with van der Waals surface area (Å²) in [7, 11) is 1.97. The summed E-state index contributed by atoms with van der Waals surface area (Å²) < 4.78 is 1.09. The fourth-order valence-corrected chi connectivity index (χ4v) is 2.87. The lowest BCUT2D eigenvalue weighted by Gasteiger charge is -2.16. The molecule has 1 unspecified atom stereocenters. The zero-order valence-corrected chi connectivity index (χ0v) is 12.4. The molecule has 4 heteroatoms. The molecule has 2 aromatic rings. The predicted octanol–water partition coefficient (Wildman–Crippen LogP) is 4.31. The van der Waals surface area contributed by atoms with Gasteiger partial charge in [-0.3, -0.25) is 0 Å². The van der Waals surface area contributed by atoms with Crippen LogP contribution >= 0.6 is 45.5 Å². The van der Waals surface area contributed by atoms with E-state index in [4.69, 9.17) is 11.6 Å². The Kier molecular flexibility index (Phi) is 4.24. The van der Waals surface area contributed by atoms with E-state index in [0.29, 0.717) is 0 Å². The Morgan fingerprint density at radius 2 is 2.12 bits per heavy atom. The summed E-state index contributed by atoms with van der Waals surface area (Å²) in [4.78, 5) is 0. The van der Waals surface area contributed by atoms with E-state index in [2.05, 4.69) is 56.9 Å². The van der Waals surface area contributed by atoms with Crippen molar-refractivity contribution in [3.63, 3.8) is 0 Å². The SMILES string of the molecule is CNC(c1ccsc1)c1ccc(I)c(Cl)c1. The van der Waals surface area contributed by atoms with Crippen molar-refractivity contribution in [2.45, 2.75) is 6.04 Å². The molecule has 2 rings (SSSR count). The van der Waals surface area contributed by atoms with Gasteiger partial charge in [-0.2, -0.15) is 11.3 Å². The van der Waals surface area contributed by atoms with Gasteiger partial charge in [0, 0.05) is 3.57 Å². The summed E-state index contributed by atoms with van der Waals surface area (Å²) in [6, 6.07) is 8.56. The van der Waals surface area contributed by atoms with Crippen LogP contribution in [0.25, 0.3) is 0 Å². The summed E-state index contributed by atoms with van der Waals surface area (Å²) in [6.07, 6.45) is 0. The molecule has 0 spiro atoms. The van der Waals surface area contributed by atoms with E-state index in [1.807, 2.05) is 13.1 Å². The van der Waals surface area contributed by atoms with Crippen LogP contribution in [0.15, 0.2) is 35.0 Å². The van der Waals surface area contributed by atoms with E-state index in [9.17, 15) is 0 Å². The molecule has 84 valence electrons. The van der Waals surface area contributed by atoms with E-state index >= 15 is 0 Å². The van der Waals surface area contributed by atoms with Gasteiger partial charge in [0.25, 0.3) is 0 Å². The van der Waals surface area contributed by atoms with Gasteiger partial charge in [-0.25, -0.2) is 0 Å². The first-order chi connectivity index (χ1) is 7.72. The molecule has 1 atom stereocenters. The van der Waals surface area contributed by atoms with Crippen LogP contribution in [-0.2, 0) is 0 Å². The molecule has 1 nitrogen and oxygen atoms in total. The van der Waals surface area contributed by atoms with Crippen molar-refractivity contribution in [1.82, 2.24) is 5.32 Å². The van der Waals surface area contributed by atoms with Crippen molar-refractivity contribution in [3.8, 4) is 0 Å². The number of thiophene rings is 1. The number of rotatable bonds is 3. The van der Waals surface area contributed by atoms with Crippen molar-refractivity contribution >= 4 is 45.5 Å². The molecule has 0 aliphatic rings. The Balaban J connectivity index is 2.37. The van der Waals surface area contributed by atoms with Crippen LogP contribution in [0.5, 0.6) is 0 Å². The van der Waals surface area contributed by atoms with Gasteiger partial charge in [0.05, 0.1) is 11.1 Å². The van der Waals surface area contributed by atoms with Gasteiger partial charge >= 0.3 is 0 Å². The second-order valence-electron chi connectivity index (χ2n) is 3.45. The number of benzene rings is 1. The van der Waals surface area contributed by atoms with Crippen LogP contribution < -0.4 is 5.32 Å². The first kappa shape index (κ1) is 12.4. The summed E-state index contributed by atoms with van der Waals surface area (Å²) in [6.45, 7) is 0. The smallest absolute Gasteiger partial charge is 0.0583 e. The van der Waals surface area contributed by atoms with Crippen molar-refractivity contribution in [3.05, 3.63) is 54.7 Å². The number of nitrogens with one attached hydrogen (secondary N) is 1. The third-order valence-corrected chi connectivity index (χ3v) is 4.72. The first-order valence-electron chi connectivity index (χ1n) is 4.86. The number of hydrogen-bond acceptors (Lipinski definition) is 2. The van der Waals surface area contributed by atoms with Crippen LogP contribution in [0.3, 0.4) is 0 Å². The van der Waals surface area contributed by atoms with Crippen molar-refractivity contribution < 1.29 is 0 Å².